The van der Waals surface area contributed by atoms with Crippen molar-refractivity contribution in [1.29, 1.82) is 0 Å². The summed E-state index contributed by atoms with van der Waals surface area (Å²) in [5.74, 6) is 0.343. The van der Waals surface area contributed by atoms with Crippen molar-refractivity contribution in [2.45, 2.75) is 33.4 Å². The number of ether oxygens (including phenoxy) is 2. The van der Waals surface area contributed by atoms with E-state index in [2.05, 4.69) is 5.32 Å². The van der Waals surface area contributed by atoms with Crippen molar-refractivity contribution in [3.63, 3.8) is 0 Å². The lowest BCUT2D eigenvalue weighted by Crippen LogP contribution is -2.47. The van der Waals surface area contributed by atoms with E-state index in [1.807, 2.05) is 26.0 Å². The molecular formula is C16H17NO4. The fourth-order valence-corrected chi connectivity index (χ4v) is 2.70. The minimum Gasteiger partial charge on any atom is -0.512 e. The molecule has 0 radical (unpaired) electrons. The molecule has 2 aliphatic rings. The molecule has 0 saturated carbocycles. The lowest BCUT2D eigenvalue weighted by Gasteiger charge is -2.31. The van der Waals surface area contributed by atoms with E-state index < -0.39 is 11.7 Å². The van der Waals surface area contributed by atoms with Gasteiger partial charge in [-0.3, -0.25) is 0 Å². The zero-order valence-electron chi connectivity index (χ0n) is 12.4. The van der Waals surface area contributed by atoms with Crippen LogP contribution < -0.4 is 10.1 Å². The molecule has 0 bridgehead atoms. The summed E-state index contributed by atoms with van der Waals surface area (Å²) in [6.07, 6.45) is 1.66. The molecule has 5 heteroatoms. The molecule has 1 aromatic carbocycles. The predicted octanol–water partition coefficient (Wildman–Crippen LogP) is 3.10. The maximum Gasteiger partial charge on any atom is 0.349 e. The summed E-state index contributed by atoms with van der Waals surface area (Å²) in [5, 5.41) is 13.1. The molecule has 1 aromatic rings. The van der Waals surface area contributed by atoms with Gasteiger partial charge in [-0.05, 0) is 51.0 Å². The summed E-state index contributed by atoms with van der Waals surface area (Å²) >= 11 is 0. The highest BCUT2D eigenvalue weighted by molar-refractivity contribution is 5.95. The number of aryl methyl sites for hydroxylation is 2. The van der Waals surface area contributed by atoms with Gasteiger partial charge in [-0.2, -0.15) is 0 Å². The van der Waals surface area contributed by atoms with Gasteiger partial charge < -0.3 is 19.9 Å². The minimum atomic E-state index is -1.21. The number of hydrogen-bond donors (Lipinski definition) is 2. The summed E-state index contributed by atoms with van der Waals surface area (Å²) in [6, 6.07) is 3.88. The van der Waals surface area contributed by atoms with Crippen LogP contribution in [-0.2, 0) is 9.53 Å². The van der Waals surface area contributed by atoms with Crippen LogP contribution >= 0.6 is 0 Å². The minimum absolute atomic E-state index is 0.0691. The molecule has 21 heavy (non-hydrogen) atoms. The molecule has 0 aliphatic carbocycles. The van der Waals surface area contributed by atoms with Gasteiger partial charge in [0.1, 0.15) is 22.8 Å². The zero-order valence-corrected chi connectivity index (χ0v) is 12.4. The van der Waals surface area contributed by atoms with Crippen LogP contribution in [0.4, 0.5) is 5.69 Å². The number of nitrogens with one attached hydrogen (secondary N) is 1. The van der Waals surface area contributed by atoms with Gasteiger partial charge >= 0.3 is 5.97 Å². The van der Waals surface area contributed by atoms with Crippen LogP contribution in [0.25, 0.3) is 0 Å². The summed E-state index contributed by atoms with van der Waals surface area (Å²) in [5.41, 5.74) is 1.86. The number of allylic oxidation sites excluding steroid dienone is 2. The predicted molar refractivity (Wildman–Crippen MR) is 78.1 cm³/mol. The lowest BCUT2D eigenvalue weighted by molar-refractivity contribution is -0.138. The Morgan fingerprint density at radius 2 is 1.90 bits per heavy atom. The van der Waals surface area contributed by atoms with Crippen molar-refractivity contribution >= 4 is 11.7 Å². The van der Waals surface area contributed by atoms with Crippen LogP contribution in [0.5, 0.6) is 5.75 Å². The second-order valence-corrected chi connectivity index (χ2v) is 5.50. The molecule has 110 valence electrons. The van der Waals surface area contributed by atoms with Crippen LogP contribution in [0, 0.1) is 13.8 Å². The van der Waals surface area contributed by atoms with E-state index >= 15 is 0 Å². The van der Waals surface area contributed by atoms with Gasteiger partial charge in [0.25, 0.3) is 0 Å². The fourth-order valence-electron chi connectivity index (χ4n) is 2.70. The zero-order chi connectivity index (χ0) is 15.4. The molecular weight excluding hydrogens is 270 g/mol. The monoisotopic (exact) mass is 287 g/mol. The molecule has 2 aliphatic heterocycles. The molecule has 2 heterocycles. The van der Waals surface area contributed by atoms with Crippen LogP contribution in [-0.4, -0.2) is 16.8 Å². The Morgan fingerprint density at radius 1 is 1.24 bits per heavy atom. The number of rotatable bonds is 0. The van der Waals surface area contributed by atoms with Crippen molar-refractivity contribution in [2.75, 3.05) is 5.32 Å². The van der Waals surface area contributed by atoms with E-state index in [0.717, 1.165) is 16.8 Å². The number of benzene rings is 1. The number of aliphatic hydroxyl groups excluding tert-OH is 1. The first kappa shape index (κ1) is 13.5. The Hall–Kier alpha value is -2.43. The highest BCUT2D eigenvalue weighted by Gasteiger charge is 2.49. The van der Waals surface area contributed by atoms with Crippen molar-refractivity contribution in [3.05, 3.63) is 46.4 Å². The van der Waals surface area contributed by atoms with E-state index in [-0.39, 0.29) is 11.3 Å². The quantitative estimate of drug-likeness (QED) is 0.436. The van der Waals surface area contributed by atoms with Crippen LogP contribution in [0.3, 0.4) is 0 Å². The molecule has 0 fully saturated rings. The summed E-state index contributed by atoms with van der Waals surface area (Å²) in [7, 11) is 0. The highest BCUT2D eigenvalue weighted by atomic mass is 16.6. The maximum absolute atomic E-state index is 12.1. The summed E-state index contributed by atoms with van der Waals surface area (Å²) < 4.78 is 11.1. The molecule has 2 N–H and O–H groups in total. The fraction of sp³-hybridized carbons (Fsp3) is 0.312. The van der Waals surface area contributed by atoms with Crippen LogP contribution in [0.1, 0.15) is 25.0 Å². The SMILES string of the molecule is CC1=C[C@]2(Nc3cc(C)c(C)cc3O2)C(=C(C)O)C(=O)O1. The van der Waals surface area contributed by atoms with E-state index in [1.165, 1.54) is 6.92 Å². The van der Waals surface area contributed by atoms with Gasteiger partial charge in [0.15, 0.2) is 0 Å². The molecule has 0 unspecified atom stereocenters. The smallest absolute Gasteiger partial charge is 0.349 e. The van der Waals surface area contributed by atoms with E-state index in [1.54, 1.807) is 13.0 Å². The molecule has 3 rings (SSSR count). The number of carbonyl (C=O) groups excluding carboxylic acids is 1. The normalized spacial score (nSPS) is 25.7. The van der Waals surface area contributed by atoms with Crippen molar-refractivity contribution in [2.24, 2.45) is 0 Å². The van der Waals surface area contributed by atoms with Crippen molar-refractivity contribution < 1.29 is 19.4 Å². The third-order valence-corrected chi connectivity index (χ3v) is 3.78. The number of hydrogen-bond acceptors (Lipinski definition) is 5. The molecule has 1 spiro atoms. The topological polar surface area (TPSA) is 67.8 Å². The molecule has 0 saturated heterocycles. The second-order valence-electron chi connectivity index (χ2n) is 5.50. The van der Waals surface area contributed by atoms with Crippen LogP contribution in [0.2, 0.25) is 0 Å². The number of anilines is 1. The van der Waals surface area contributed by atoms with E-state index in [4.69, 9.17) is 9.47 Å². The van der Waals surface area contributed by atoms with E-state index in [0.29, 0.717) is 11.5 Å². The maximum atomic E-state index is 12.1. The first-order chi connectivity index (χ1) is 9.82. The van der Waals surface area contributed by atoms with Gasteiger partial charge in [-0.15, -0.1) is 0 Å². The molecule has 0 aromatic heterocycles. The second kappa shape index (κ2) is 4.28. The van der Waals surface area contributed by atoms with Gasteiger partial charge in [-0.1, -0.05) is 0 Å². The number of cyclic esters (lactones) is 1. The first-order valence-corrected chi connectivity index (χ1v) is 6.73. The Kier molecular flexibility index (Phi) is 2.76. The molecule has 0 amide bonds. The van der Waals surface area contributed by atoms with Crippen LogP contribution in [0.15, 0.2) is 35.3 Å². The van der Waals surface area contributed by atoms with Crippen molar-refractivity contribution in [3.8, 4) is 5.75 Å². The highest BCUT2D eigenvalue weighted by Crippen LogP contribution is 2.45. The van der Waals surface area contributed by atoms with Gasteiger partial charge in [-0.25, -0.2) is 4.79 Å². The number of carbonyl (C=O) groups is 1. The Balaban J connectivity index is 2.16. The average molecular weight is 287 g/mol. The van der Waals surface area contributed by atoms with Gasteiger partial charge in [0.05, 0.1) is 5.69 Å². The Labute approximate surface area is 122 Å². The Bertz CT molecular complexity index is 680. The lowest BCUT2D eigenvalue weighted by atomic mass is 9.98. The summed E-state index contributed by atoms with van der Waals surface area (Å²) in [4.78, 5) is 12.1. The summed E-state index contributed by atoms with van der Waals surface area (Å²) in [6.45, 7) is 7.12. The third kappa shape index (κ3) is 1.96. The molecule has 1 atom stereocenters. The first-order valence-electron chi connectivity index (χ1n) is 6.73. The number of fused-ring (bicyclic) bond motifs is 1. The third-order valence-electron chi connectivity index (χ3n) is 3.78. The van der Waals surface area contributed by atoms with Crippen molar-refractivity contribution in [1.82, 2.24) is 0 Å². The Morgan fingerprint density at radius 3 is 2.57 bits per heavy atom. The van der Waals surface area contributed by atoms with Gasteiger partial charge in [0.2, 0.25) is 5.72 Å². The van der Waals surface area contributed by atoms with Gasteiger partial charge in [0, 0.05) is 6.08 Å². The molecule has 5 nitrogen and oxygen atoms in total. The number of esters is 1. The number of aliphatic hydroxyl groups is 1. The average Bonchev–Trinajstić information content (AvgIpc) is 2.64. The standard InChI is InChI=1S/C16H17NO4/c1-8-5-12-13(6-9(8)2)21-16(17-12)7-10(3)20-15(19)14(16)11(4)18/h5-7,17-18H,1-4H3/t16-/m1/s1. The van der Waals surface area contributed by atoms with E-state index in [9.17, 15) is 9.90 Å². The largest absolute Gasteiger partial charge is 0.512 e.